The van der Waals surface area contributed by atoms with Gasteiger partial charge >= 0.3 is 0 Å². The third kappa shape index (κ3) is 2.82. The molecule has 1 nitrogen and oxygen atoms in total. The summed E-state index contributed by atoms with van der Waals surface area (Å²) in [5.74, 6) is 0. The first-order valence-corrected chi connectivity index (χ1v) is 7.03. The first-order valence-electron chi connectivity index (χ1n) is 5.27. The molecular weight excluding hydrogens is 234 g/mol. The van der Waals surface area contributed by atoms with Crippen LogP contribution >= 0.6 is 22.7 Å². The molecule has 2 rings (SSSR count). The van der Waals surface area contributed by atoms with E-state index in [0.29, 0.717) is 6.04 Å². The Kier molecular flexibility index (Phi) is 3.93. The minimum atomic E-state index is 0.368. The highest BCUT2D eigenvalue weighted by Gasteiger charge is 2.03. The van der Waals surface area contributed by atoms with Crippen LogP contribution in [0, 0.1) is 0 Å². The fourth-order valence-corrected chi connectivity index (χ4v) is 3.01. The maximum Gasteiger partial charge on any atom is 0.0351 e. The van der Waals surface area contributed by atoms with Gasteiger partial charge in [-0.2, -0.15) is 0 Å². The molecule has 0 aromatic carbocycles. The van der Waals surface area contributed by atoms with Gasteiger partial charge in [-0.25, -0.2) is 0 Å². The Labute approximate surface area is 104 Å². The second kappa shape index (κ2) is 5.43. The van der Waals surface area contributed by atoms with E-state index in [2.05, 4.69) is 47.8 Å². The van der Waals surface area contributed by atoms with Crippen molar-refractivity contribution in [3.63, 3.8) is 0 Å². The monoisotopic (exact) mass is 249 g/mol. The van der Waals surface area contributed by atoms with Gasteiger partial charge in [0.15, 0.2) is 0 Å². The quantitative estimate of drug-likeness (QED) is 0.785. The second-order valence-corrected chi connectivity index (χ2v) is 5.63. The van der Waals surface area contributed by atoms with Crippen LogP contribution in [0.15, 0.2) is 41.6 Å². The second-order valence-electron chi connectivity index (χ2n) is 3.68. The molecule has 0 fully saturated rings. The van der Waals surface area contributed by atoms with E-state index in [-0.39, 0.29) is 0 Å². The Morgan fingerprint density at radius 2 is 2.38 bits per heavy atom. The molecular formula is C13H15NS2. The van der Waals surface area contributed by atoms with Gasteiger partial charge in [0.2, 0.25) is 0 Å². The van der Waals surface area contributed by atoms with Crippen LogP contribution in [0.4, 0.5) is 0 Å². The molecule has 0 aliphatic rings. The number of hydrogen-bond acceptors (Lipinski definition) is 3. The van der Waals surface area contributed by atoms with Crippen LogP contribution in [0.25, 0.3) is 10.4 Å². The summed E-state index contributed by atoms with van der Waals surface area (Å²) in [5, 5.41) is 7.74. The summed E-state index contributed by atoms with van der Waals surface area (Å²) >= 11 is 3.60. The lowest BCUT2D eigenvalue weighted by molar-refractivity contribution is 0.640. The first-order chi connectivity index (χ1) is 7.79. The zero-order valence-corrected chi connectivity index (χ0v) is 10.9. The van der Waals surface area contributed by atoms with Gasteiger partial charge in [-0.15, -0.1) is 29.3 Å². The molecule has 1 N–H and O–H groups in total. The van der Waals surface area contributed by atoms with Gasteiger partial charge in [0.05, 0.1) is 0 Å². The van der Waals surface area contributed by atoms with Crippen LogP contribution in [-0.4, -0.2) is 6.04 Å². The Bertz CT molecular complexity index is 442. The summed E-state index contributed by atoms with van der Waals surface area (Å²) in [4.78, 5) is 2.72. The number of rotatable bonds is 5. The van der Waals surface area contributed by atoms with Gasteiger partial charge in [0.25, 0.3) is 0 Å². The van der Waals surface area contributed by atoms with Gasteiger partial charge in [-0.1, -0.05) is 12.1 Å². The number of thiophene rings is 2. The highest BCUT2D eigenvalue weighted by molar-refractivity contribution is 7.14. The van der Waals surface area contributed by atoms with E-state index >= 15 is 0 Å². The van der Waals surface area contributed by atoms with Crippen LogP contribution in [0.5, 0.6) is 0 Å². The zero-order chi connectivity index (χ0) is 11.4. The molecule has 1 atom stereocenters. The van der Waals surface area contributed by atoms with Crippen LogP contribution in [0.1, 0.15) is 11.8 Å². The smallest absolute Gasteiger partial charge is 0.0351 e. The molecule has 2 aromatic rings. The van der Waals surface area contributed by atoms with Crippen molar-refractivity contribution < 1.29 is 0 Å². The van der Waals surface area contributed by atoms with E-state index in [1.807, 2.05) is 17.4 Å². The van der Waals surface area contributed by atoms with E-state index in [9.17, 15) is 0 Å². The molecule has 0 radical (unpaired) electrons. The minimum Gasteiger partial charge on any atom is -0.306 e. The maximum absolute atomic E-state index is 3.76. The van der Waals surface area contributed by atoms with Crippen molar-refractivity contribution in [1.82, 2.24) is 5.32 Å². The van der Waals surface area contributed by atoms with E-state index < -0.39 is 0 Å². The normalized spacial score (nSPS) is 12.6. The first kappa shape index (κ1) is 11.6. The Balaban J connectivity index is 2.00. The lowest BCUT2D eigenvalue weighted by atomic mass is 10.2. The largest absolute Gasteiger partial charge is 0.306 e. The molecule has 16 heavy (non-hydrogen) atoms. The van der Waals surface area contributed by atoms with E-state index in [4.69, 9.17) is 0 Å². The van der Waals surface area contributed by atoms with Gasteiger partial charge in [-0.05, 0) is 29.8 Å². The summed E-state index contributed by atoms with van der Waals surface area (Å²) in [5.41, 5.74) is 1.34. The van der Waals surface area contributed by atoms with Crippen molar-refractivity contribution in [3.8, 4) is 10.4 Å². The number of nitrogens with one attached hydrogen (secondary N) is 1. The molecule has 0 aliphatic heterocycles. The lowest BCUT2D eigenvalue weighted by Crippen LogP contribution is -2.22. The Morgan fingerprint density at radius 1 is 1.50 bits per heavy atom. The van der Waals surface area contributed by atoms with Gasteiger partial charge < -0.3 is 5.32 Å². The average Bonchev–Trinajstić information content (AvgIpc) is 2.95. The highest BCUT2D eigenvalue weighted by Crippen LogP contribution is 2.29. The van der Waals surface area contributed by atoms with Crippen molar-refractivity contribution in [1.29, 1.82) is 0 Å². The van der Waals surface area contributed by atoms with Gasteiger partial charge in [-0.3, -0.25) is 0 Å². The topological polar surface area (TPSA) is 12.0 Å². The van der Waals surface area contributed by atoms with E-state index in [0.717, 1.165) is 6.54 Å². The maximum atomic E-state index is 3.76. The fraction of sp³-hybridized carbons (Fsp3) is 0.231. The van der Waals surface area contributed by atoms with E-state index in [1.54, 1.807) is 11.3 Å². The lowest BCUT2D eigenvalue weighted by Gasteiger charge is -2.06. The van der Waals surface area contributed by atoms with Crippen LogP contribution in [0.2, 0.25) is 0 Å². The summed E-state index contributed by atoms with van der Waals surface area (Å²) in [7, 11) is 0. The molecule has 0 saturated carbocycles. The third-order valence-electron chi connectivity index (χ3n) is 2.41. The third-order valence-corrected chi connectivity index (χ3v) is 4.27. The van der Waals surface area contributed by atoms with Crippen molar-refractivity contribution in [2.45, 2.75) is 19.5 Å². The van der Waals surface area contributed by atoms with Crippen molar-refractivity contribution >= 4 is 22.7 Å². The molecule has 0 saturated heterocycles. The zero-order valence-electron chi connectivity index (χ0n) is 9.27. The van der Waals surface area contributed by atoms with Gasteiger partial charge in [0.1, 0.15) is 0 Å². The number of hydrogen-bond donors (Lipinski definition) is 1. The van der Waals surface area contributed by atoms with Gasteiger partial charge in [0, 0.05) is 27.9 Å². The minimum absolute atomic E-state index is 0.368. The fourth-order valence-electron chi connectivity index (χ4n) is 1.39. The van der Waals surface area contributed by atoms with Crippen molar-refractivity contribution in [2.75, 3.05) is 0 Å². The van der Waals surface area contributed by atoms with E-state index in [1.165, 1.54) is 15.3 Å². The van der Waals surface area contributed by atoms with Crippen LogP contribution in [-0.2, 0) is 6.54 Å². The average molecular weight is 249 g/mol. The molecule has 84 valence electrons. The molecule has 0 spiro atoms. The molecule has 0 bridgehead atoms. The van der Waals surface area contributed by atoms with Crippen molar-refractivity contribution in [3.05, 3.63) is 46.5 Å². The van der Waals surface area contributed by atoms with Crippen LogP contribution in [0.3, 0.4) is 0 Å². The Hall–Kier alpha value is -0.900. The standard InChI is InChI=1S/C13H15NS2/c1-3-10(2)14-8-12-7-11(9-16-12)13-5-4-6-15-13/h3-7,9-10,14H,1,8H2,2H3. The Morgan fingerprint density at radius 3 is 3.06 bits per heavy atom. The predicted octanol–water partition coefficient (Wildman–Crippen LogP) is 4.14. The molecule has 2 aromatic heterocycles. The summed E-state index contributed by atoms with van der Waals surface area (Å²) in [6.45, 7) is 6.79. The SMILES string of the molecule is C=CC(C)NCc1cc(-c2cccs2)cs1. The molecule has 0 aliphatic carbocycles. The summed E-state index contributed by atoms with van der Waals surface area (Å²) in [6, 6.07) is 6.89. The molecule has 1 unspecified atom stereocenters. The summed E-state index contributed by atoms with van der Waals surface area (Å²) in [6.07, 6.45) is 1.92. The molecule has 2 heterocycles. The summed E-state index contributed by atoms with van der Waals surface area (Å²) < 4.78 is 0. The highest BCUT2D eigenvalue weighted by atomic mass is 32.1. The molecule has 3 heteroatoms. The van der Waals surface area contributed by atoms with Crippen LogP contribution < -0.4 is 5.32 Å². The molecule has 0 amide bonds. The van der Waals surface area contributed by atoms with Crippen molar-refractivity contribution in [2.24, 2.45) is 0 Å². The predicted molar refractivity (Wildman–Crippen MR) is 74.1 cm³/mol.